The Balaban J connectivity index is 2.30. The molecule has 196 valence electrons. The van der Waals surface area contributed by atoms with E-state index in [1.54, 1.807) is 18.2 Å². The zero-order valence-electron chi connectivity index (χ0n) is 21.6. The van der Waals surface area contributed by atoms with Crippen LogP contribution in [0.2, 0.25) is 0 Å². The number of ether oxygens (including phenoxy) is 1. The highest BCUT2D eigenvalue weighted by Gasteiger charge is 2.39. The van der Waals surface area contributed by atoms with Gasteiger partial charge in [-0.05, 0) is 61.9 Å². The van der Waals surface area contributed by atoms with Gasteiger partial charge in [0.25, 0.3) is 0 Å². The van der Waals surface area contributed by atoms with Crippen molar-refractivity contribution in [1.29, 1.82) is 5.26 Å². The van der Waals surface area contributed by atoms with E-state index in [0.29, 0.717) is 31.1 Å². The summed E-state index contributed by atoms with van der Waals surface area (Å²) in [4.78, 5) is 24.5. The smallest absolute Gasteiger partial charge is 0.308 e. The summed E-state index contributed by atoms with van der Waals surface area (Å²) in [6.07, 6.45) is 7.33. The molecule has 0 spiro atoms. The monoisotopic (exact) mass is 489 g/mol. The second kappa shape index (κ2) is 13.8. The van der Waals surface area contributed by atoms with Crippen molar-refractivity contribution in [3.8, 4) is 6.07 Å². The SMILES string of the molecule is C[C@@H]1C[C@H](C)C[C@H](C)[C@@H](O)CC(=O)O[C@@H]([C@@H]2CCC[C@H]2C(=O)O)C/C=C\C=C(/C#N)[C@H](O)[C@@H](C)C1. The zero-order valence-corrected chi connectivity index (χ0v) is 21.6. The molecule has 9 atom stereocenters. The topological polar surface area (TPSA) is 128 Å². The van der Waals surface area contributed by atoms with E-state index >= 15 is 0 Å². The van der Waals surface area contributed by atoms with E-state index in [0.717, 1.165) is 25.7 Å². The largest absolute Gasteiger partial charge is 0.481 e. The number of carbonyl (C=O) groups excluding carboxylic acids is 1. The van der Waals surface area contributed by atoms with Crippen molar-refractivity contribution >= 4 is 11.9 Å². The van der Waals surface area contributed by atoms with Crippen LogP contribution < -0.4 is 0 Å². The van der Waals surface area contributed by atoms with Crippen LogP contribution >= 0.6 is 0 Å². The predicted octanol–water partition coefficient (Wildman–Crippen LogP) is 4.64. The van der Waals surface area contributed by atoms with Gasteiger partial charge in [-0.15, -0.1) is 0 Å². The molecule has 0 amide bonds. The molecule has 1 saturated carbocycles. The Kier molecular flexibility index (Phi) is 11.5. The standard InChI is InChI=1S/C28H43NO6/c1-17-12-18(2)14-20(4)27(32)21(16-29)8-5-6-11-25(22-9-7-10-23(22)28(33)34)35-26(31)15-24(30)19(3)13-17/h5-6,8,17-20,22-25,27,30,32H,7,9-15H2,1-4H3,(H,33,34)/b6-5-,21-8+/t17-,18+,19-,20-,22+,23+,24-,25+,27+/m0/s1. The minimum atomic E-state index is -0.882. The Morgan fingerprint density at radius 1 is 1.06 bits per heavy atom. The lowest BCUT2D eigenvalue weighted by Crippen LogP contribution is -2.34. The van der Waals surface area contributed by atoms with E-state index in [4.69, 9.17) is 4.74 Å². The van der Waals surface area contributed by atoms with Crippen molar-refractivity contribution in [3.63, 3.8) is 0 Å². The molecule has 2 rings (SSSR count). The number of aliphatic carboxylic acids is 1. The number of esters is 1. The van der Waals surface area contributed by atoms with Crippen LogP contribution in [0.25, 0.3) is 0 Å². The fourth-order valence-corrected chi connectivity index (χ4v) is 5.97. The van der Waals surface area contributed by atoms with Gasteiger partial charge in [0.1, 0.15) is 6.10 Å². The molecule has 3 N–H and O–H groups in total. The first kappa shape index (κ1) is 29.1. The number of nitrogens with zero attached hydrogens (tertiary/aromatic N) is 1. The summed E-state index contributed by atoms with van der Waals surface area (Å²) in [6, 6.07) is 2.10. The van der Waals surface area contributed by atoms with Crippen LogP contribution in [0.5, 0.6) is 0 Å². The second-order valence-corrected chi connectivity index (χ2v) is 11.1. The molecule has 0 aromatic heterocycles. The molecular formula is C28H43NO6. The van der Waals surface area contributed by atoms with Crippen molar-refractivity contribution in [2.24, 2.45) is 35.5 Å². The Morgan fingerprint density at radius 2 is 1.71 bits per heavy atom. The number of cyclic esters (lactones) is 1. The highest BCUT2D eigenvalue weighted by atomic mass is 16.5. The first-order valence-corrected chi connectivity index (χ1v) is 13.1. The molecule has 7 heteroatoms. The maximum absolute atomic E-state index is 12.7. The van der Waals surface area contributed by atoms with Gasteiger partial charge < -0.3 is 20.1 Å². The van der Waals surface area contributed by atoms with Crippen molar-refractivity contribution in [2.45, 2.75) is 97.4 Å². The molecule has 1 aliphatic heterocycles. The maximum Gasteiger partial charge on any atom is 0.308 e. The van der Waals surface area contributed by atoms with Crippen LogP contribution in [0.3, 0.4) is 0 Å². The van der Waals surface area contributed by atoms with Gasteiger partial charge in [-0.3, -0.25) is 9.59 Å². The molecule has 35 heavy (non-hydrogen) atoms. The molecule has 0 radical (unpaired) electrons. The molecule has 1 fully saturated rings. The summed E-state index contributed by atoms with van der Waals surface area (Å²) in [7, 11) is 0. The summed E-state index contributed by atoms with van der Waals surface area (Å²) < 4.78 is 5.77. The summed E-state index contributed by atoms with van der Waals surface area (Å²) in [5.74, 6) is -1.77. The molecule has 0 saturated heterocycles. The van der Waals surface area contributed by atoms with E-state index in [2.05, 4.69) is 19.9 Å². The minimum absolute atomic E-state index is 0.0816. The third kappa shape index (κ3) is 8.77. The average Bonchev–Trinajstić information content (AvgIpc) is 3.27. The number of allylic oxidation sites excluding steroid dienone is 2. The summed E-state index contributed by atoms with van der Waals surface area (Å²) in [5.41, 5.74) is 0.282. The van der Waals surface area contributed by atoms with Crippen molar-refractivity contribution in [3.05, 3.63) is 23.8 Å². The Bertz CT molecular complexity index is 815. The Hall–Kier alpha value is -2.17. The van der Waals surface area contributed by atoms with Crippen LogP contribution in [-0.2, 0) is 14.3 Å². The Labute approximate surface area is 209 Å². The van der Waals surface area contributed by atoms with Gasteiger partial charge >= 0.3 is 11.9 Å². The lowest BCUT2D eigenvalue weighted by Gasteiger charge is -2.28. The molecule has 1 aliphatic carbocycles. The lowest BCUT2D eigenvalue weighted by atomic mass is 9.82. The highest BCUT2D eigenvalue weighted by molar-refractivity contribution is 5.72. The van der Waals surface area contributed by atoms with E-state index < -0.39 is 36.2 Å². The first-order valence-electron chi connectivity index (χ1n) is 13.1. The molecule has 0 aromatic rings. The van der Waals surface area contributed by atoms with Crippen LogP contribution in [0.1, 0.15) is 79.1 Å². The quantitative estimate of drug-likeness (QED) is 0.482. The minimum Gasteiger partial charge on any atom is -0.481 e. The van der Waals surface area contributed by atoms with Gasteiger partial charge in [0.05, 0.1) is 36.2 Å². The van der Waals surface area contributed by atoms with Gasteiger partial charge in [-0.2, -0.15) is 5.26 Å². The zero-order chi connectivity index (χ0) is 26.1. The normalized spacial score (nSPS) is 40.9. The highest BCUT2D eigenvalue weighted by Crippen LogP contribution is 2.37. The number of nitriles is 1. The number of hydrogen-bond acceptors (Lipinski definition) is 6. The van der Waals surface area contributed by atoms with Gasteiger partial charge in [0.2, 0.25) is 0 Å². The molecular weight excluding hydrogens is 446 g/mol. The van der Waals surface area contributed by atoms with E-state index in [1.165, 1.54) is 0 Å². The van der Waals surface area contributed by atoms with Crippen LogP contribution in [0.4, 0.5) is 0 Å². The first-order chi connectivity index (χ1) is 16.5. The number of carbonyl (C=O) groups is 2. The number of rotatable bonds is 2. The number of carboxylic acid groups (broad SMARTS) is 1. The van der Waals surface area contributed by atoms with Crippen molar-refractivity contribution in [2.75, 3.05) is 0 Å². The van der Waals surface area contributed by atoms with Crippen LogP contribution in [0, 0.1) is 46.8 Å². The fourth-order valence-electron chi connectivity index (χ4n) is 5.97. The second-order valence-electron chi connectivity index (χ2n) is 11.1. The Morgan fingerprint density at radius 3 is 2.34 bits per heavy atom. The van der Waals surface area contributed by atoms with Crippen molar-refractivity contribution < 1.29 is 29.6 Å². The van der Waals surface area contributed by atoms with Gasteiger partial charge in [0, 0.05) is 12.3 Å². The predicted molar refractivity (Wildman–Crippen MR) is 133 cm³/mol. The van der Waals surface area contributed by atoms with Gasteiger partial charge in [-0.25, -0.2) is 0 Å². The summed E-state index contributed by atoms with van der Waals surface area (Å²) >= 11 is 0. The van der Waals surface area contributed by atoms with E-state index in [9.17, 15) is 30.2 Å². The van der Waals surface area contributed by atoms with E-state index in [-0.39, 0.29) is 29.7 Å². The molecule has 0 aromatic carbocycles. The van der Waals surface area contributed by atoms with Gasteiger partial charge in [-0.1, -0.05) is 46.3 Å². The number of carboxylic acids is 1. The van der Waals surface area contributed by atoms with Crippen LogP contribution in [0.15, 0.2) is 23.8 Å². The summed E-state index contributed by atoms with van der Waals surface area (Å²) in [5, 5.41) is 40.6. The molecule has 7 nitrogen and oxygen atoms in total. The van der Waals surface area contributed by atoms with Crippen molar-refractivity contribution in [1.82, 2.24) is 0 Å². The third-order valence-electron chi connectivity index (χ3n) is 7.80. The number of aliphatic hydroxyl groups is 2. The fraction of sp³-hybridized carbons (Fsp3) is 0.750. The molecule has 1 heterocycles. The number of aliphatic hydroxyl groups excluding tert-OH is 2. The van der Waals surface area contributed by atoms with Crippen LogP contribution in [-0.4, -0.2) is 45.6 Å². The van der Waals surface area contributed by atoms with Gasteiger partial charge in [0.15, 0.2) is 0 Å². The average molecular weight is 490 g/mol. The molecule has 0 bridgehead atoms. The molecule has 0 unspecified atom stereocenters. The lowest BCUT2D eigenvalue weighted by molar-refractivity contribution is -0.159. The maximum atomic E-state index is 12.7. The summed E-state index contributed by atoms with van der Waals surface area (Å²) in [6.45, 7) is 8.16. The van der Waals surface area contributed by atoms with E-state index in [1.807, 2.05) is 13.8 Å². The third-order valence-corrected chi connectivity index (χ3v) is 7.80. The molecule has 2 aliphatic rings. The number of hydrogen-bond donors (Lipinski definition) is 3.